The van der Waals surface area contributed by atoms with Gasteiger partial charge in [-0.15, -0.1) is 11.8 Å². The summed E-state index contributed by atoms with van der Waals surface area (Å²) in [5.41, 5.74) is -0.144. The second-order valence-electron chi connectivity index (χ2n) is 6.18. The average molecular weight is 396 g/mol. The van der Waals surface area contributed by atoms with E-state index in [4.69, 9.17) is 0 Å². The fourth-order valence-electron chi connectivity index (χ4n) is 3.05. The highest BCUT2D eigenvalue weighted by Gasteiger charge is 2.34. The third kappa shape index (κ3) is 4.75. The van der Waals surface area contributed by atoms with E-state index >= 15 is 0 Å². The van der Waals surface area contributed by atoms with Crippen LogP contribution in [-0.4, -0.2) is 23.4 Å². The van der Waals surface area contributed by atoms with Crippen LogP contribution in [0.1, 0.15) is 35.3 Å². The predicted molar refractivity (Wildman–Crippen MR) is 97.5 cm³/mol. The maximum absolute atomic E-state index is 13.0. The van der Waals surface area contributed by atoms with Crippen LogP contribution in [-0.2, 0) is 6.18 Å². The Balaban J connectivity index is 1.61. The zero-order valence-corrected chi connectivity index (χ0v) is 15.1. The molecule has 0 radical (unpaired) electrons. The number of aliphatic hydroxyl groups is 1. The molecule has 3 rings (SSSR count). The van der Waals surface area contributed by atoms with Gasteiger partial charge >= 0.3 is 12.2 Å². The molecule has 4 nitrogen and oxygen atoms in total. The third-order valence-corrected chi connectivity index (χ3v) is 5.47. The Morgan fingerprint density at radius 2 is 1.89 bits per heavy atom. The molecule has 0 saturated carbocycles. The highest BCUT2D eigenvalue weighted by atomic mass is 32.2. The van der Waals surface area contributed by atoms with Gasteiger partial charge in [0.15, 0.2) is 0 Å². The fourth-order valence-corrected chi connectivity index (χ4v) is 4.17. The number of thioether (sulfide) groups is 1. The molecule has 144 valence electrons. The topological polar surface area (TPSA) is 61.4 Å². The van der Waals surface area contributed by atoms with Crippen LogP contribution in [0.5, 0.6) is 0 Å². The number of carbonyl (C=O) groups is 1. The minimum Gasteiger partial charge on any atom is -0.387 e. The Bertz CT molecular complexity index is 814. The Hall–Kier alpha value is -2.19. The summed E-state index contributed by atoms with van der Waals surface area (Å²) in [6.07, 6.45) is -5.26. The number of aliphatic hydroxyl groups excluding tert-OH is 1. The number of amides is 2. The van der Waals surface area contributed by atoms with Crippen LogP contribution in [0.25, 0.3) is 0 Å². The lowest BCUT2D eigenvalue weighted by Crippen LogP contribution is -2.40. The number of halogens is 3. The van der Waals surface area contributed by atoms with Gasteiger partial charge in [0.2, 0.25) is 0 Å². The second kappa shape index (κ2) is 8.22. The van der Waals surface area contributed by atoms with Gasteiger partial charge in [-0.25, -0.2) is 4.79 Å². The van der Waals surface area contributed by atoms with Crippen molar-refractivity contribution in [3.8, 4) is 0 Å². The van der Waals surface area contributed by atoms with Crippen molar-refractivity contribution in [1.29, 1.82) is 0 Å². The van der Waals surface area contributed by atoms with Crippen molar-refractivity contribution in [3.05, 3.63) is 65.2 Å². The number of fused-ring (bicyclic) bond motifs is 1. The summed E-state index contributed by atoms with van der Waals surface area (Å²) < 4.78 is 39.1. The van der Waals surface area contributed by atoms with E-state index in [1.54, 1.807) is 11.8 Å². The van der Waals surface area contributed by atoms with Crippen molar-refractivity contribution in [3.63, 3.8) is 0 Å². The number of urea groups is 1. The van der Waals surface area contributed by atoms with Crippen LogP contribution >= 0.6 is 11.8 Å². The molecule has 2 aromatic rings. The molecule has 0 aliphatic carbocycles. The highest BCUT2D eigenvalue weighted by Crippen LogP contribution is 2.36. The maximum Gasteiger partial charge on any atom is 0.416 e. The van der Waals surface area contributed by atoms with Gasteiger partial charge < -0.3 is 15.7 Å². The number of rotatable bonds is 4. The average Bonchev–Trinajstić information content (AvgIpc) is 2.66. The number of benzene rings is 2. The summed E-state index contributed by atoms with van der Waals surface area (Å²) in [5.74, 6) is 0.865. The quantitative estimate of drug-likeness (QED) is 0.723. The van der Waals surface area contributed by atoms with Gasteiger partial charge in [-0.05, 0) is 29.7 Å². The monoisotopic (exact) mass is 396 g/mol. The molecule has 2 amide bonds. The summed E-state index contributed by atoms with van der Waals surface area (Å²) >= 11 is 1.72. The fraction of sp³-hybridized carbons (Fsp3) is 0.316. The van der Waals surface area contributed by atoms with E-state index in [2.05, 4.69) is 10.6 Å². The van der Waals surface area contributed by atoms with E-state index in [0.29, 0.717) is 0 Å². The van der Waals surface area contributed by atoms with E-state index in [9.17, 15) is 23.1 Å². The largest absolute Gasteiger partial charge is 0.416 e. The Kier molecular flexibility index (Phi) is 5.96. The molecule has 2 aromatic carbocycles. The molecule has 27 heavy (non-hydrogen) atoms. The molecule has 0 saturated heterocycles. The van der Waals surface area contributed by atoms with Gasteiger partial charge in [-0.1, -0.05) is 36.4 Å². The van der Waals surface area contributed by atoms with Crippen molar-refractivity contribution in [2.75, 3.05) is 12.3 Å². The molecule has 1 heterocycles. The lowest BCUT2D eigenvalue weighted by Gasteiger charge is -2.26. The SMILES string of the molecule is O=C(NC[C@H](O)c1ccccc1C(F)(F)F)N[C@@H]1CCSc2ccccc21. The van der Waals surface area contributed by atoms with Gasteiger partial charge in [0.25, 0.3) is 0 Å². The van der Waals surface area contributed by atoms with Crippen molar-refractivity contribution < 1.29 is 23.1 Å². The summed E-state index contributed by atoms with van der Waals surface area (Å²) in [6, 6.07) is 11.9. The normalized spacial score (nSPS) is 17.7. The number of nitrogens with one attached hydrogen (secondary N) is 2. The van der Waals surface area contributed by atoms with Crippen molar-refractivity contribution in [2.45, 2.75) is 29.6 Å². The number of hydrogen-bond donors (Lipinski definition) is 3. The maximum atomic E-state index is 13.0. The van der Waals surface area contributed by atoms with E-state index < -0.39 is 23.9 Å². The molecule has 0 aromatic heterocycles. The first kappa shape index (κ1) is 19.6. The van der Waals surface area contributed by atoms with Crippen LogP contribution in [0.15, 0.2) is 53.4 Å². The molecular weight excluding hydrogens is 377 g/mol. The molecule has 2 atom stereocenters. The Morgan fingerprint density at radius 3 is 2.67 bits per heavy atom. The van der Waals surface area contributed by atoms with Crippen LogP contribution in [0.4, 0.5) is 18.0 Å². The summed E-state index contributed by atoms with van der Waals surface area (Å²) in [6.45, 7) is -0.317. The minimum atomic E-state index is -4.57. The van der Waals surface area contributed by atoms with E-state index in [1.807, 2.05) is 24.3 Å². The number of alkyl halides is 3. The zero-order valence-electron chi connectivity index (χ0n) is 14.3. The molecule has 1 aliphatic rings. The van der Waals surface area contributed by atoms with Crippen molar-refractivity contribution in [2.24, 2.45) is 0 Å². The van der Waals surface area contributed by atoms with Gasteiger partial charge in [-0.2, -0.15) is 13.2 Å². The smallest absolute Gasteiger partial charge is 0.387 e. The van der Waals surface area contributed by atoms with E-state index in [0.717, 1.165) is 28.7 Å². The molecule has 0 unspecified atom stereocenters. The van der Waals surface area contributed by atoms with Crippen LogP contribution in [0, 0.1) is 0 Å². The summed E-state index contributed by atoms with van der Waals surface area (Å²) in [5, 5.41) is 15.4. The Labute approximate surface area is 159 Å². The second-order valence-corrected chi connectivity index (χ2v) is 7.32. The first-order valence-electron chi connectivity index (χ1n) is 8.46. The number of hydrogen-bond acceptors (Lipinski definition) is 3. The Morgan fingerprint density at radius 1 is 1.19 bits per heavy atom. The highest BCUT2D eigenvalue weighted by molar-refractivity contribution is 7.99. The first-order valence-corrected chi connectivity index (χ1v) is 9.45. The molecule has 0 spiro atoms. The number of carbonyl (C=O) groups excluding carboxylic acids is 1. The lowest BCUT2D eigenvalue weighted by molar-refractivity contribution is -0.139. The zero-order chi connectivity index (χ0) is 19.4. The molecular formula is C19H19F3N2O2S. The molecule has 3 N–H and O–H groups in total. The van der Waals surface area contributed by atoms with Gasteiger partial charge in [0, 0.05) is 17.2 Å². The van der Waals surface area contributed by atoms with Crippen molar-refractivity contribution in [1.82, 2.24) is 10.6 Å². The minimum absolute atomic E-state index is 0.165. The molecule has 0 bridgehead atoms. The molecule has 8 heteroatoms. The first-order chi connectivity index (χ1) is 12.9. The summed E-state index contributed by atoms with van der Waals surface area (Å²) in [4.78, 5) is 13.3. The predicted octanol–water partition coefficient (Wildman–Crippen LogP) is 4.28. The van der Waals surface area contributed by atoms with Crippen LogP contribution < -0.4 is 10.6 Å². The molecule has 1 aliphatic heterocycles. The molecule has 0 fully saturated rings. The third-order valence-electron chi connectivity index (χ3n) is 4.35. The van der Waals surface area contributed by atoms with E-state index in [1.165, 1.54) is 18.2 Å². The summed E-state index contributed by atoms with van der Waals surface area (Å²) in [7, 11) is 0. The van der Waals surface area contributed by atoms with Crippen molar-refractivity contribution >= 4 is 17.8 Å². The van der Waals surface area contributed by atoms with Gasteiger partial charge in [-0.3, -0.25) is 0 Å². The van der Waals surface area contributed by atoms with E-state index in [-0.39, 0.29) is 18.2 Å². The standard InChI is InChI=1S/C19H19F3N2O2S/c20-19(21,22)14-7-3-1-5-12(14)16(25)11-23-18(26)24-15-9-10-27-17-8-4-2-6-13(15)17/h1-8,15-16,25H,9-11H2,(H2,23,24,26)/t15-,16+/m1/s1. The van der Waals surface area contributed by atoms with Crippen LogP contribution in [0.3, 0.4) is 0 Å². The lowest BCUT2D eigenvalue weighted by atomic mass is 10.0. The van der Waals surface area contributed by atoms with Crippen LogP contribution in [0.2, 0.25) is 0 Å². The van der Waals surface area contributed by atoms with Gasteiger partial charge in [0.05, 0.1) is 17.7 Å². The van der Waals surface area contributed by atoms with Gasteiger partial charge in [0.1, 0.15) is 0 Å².